The van der Waals surface area contributed by atoms with Crippen molar-refractivity contribution in [3.05, 3.63) is 47.8 Å². The van der Waals surface area contributed by atoms with Gasteiger partial charge in [0.25, 0.3) is 0 Å². The summed E-state index contributed by atoms with van der Waals surface area (Å²) in [5, 5.41) is 0. The van der Waals surface area contributed by atoms with Crippen LogP contribution in [0.4, 0.5) is 0 Å². The van der Waals surface area contributed by atoms with E-state index in [0.29, 0.717) is 11.1 Å². The molecule has 0 unspecified atom stereocenters. The minimum atomic E-state index is -0.0543. The van der Waals surface area contributed by atoms with Crippen molar-refractivity contribution in [2.24, 2.45) is 0 Å². The molecule has 0 radical (unpaired) electrons. The fraction of sp³-hybridized carbons (Fsp3) is 0.250. The van der Waals surface area contributed by atoms with Crippen LogP contribution in [-0.2, 0) is 0 Å². The minimum absolute atomic E-state index is 0.0367. The number of carbonyl (C=O) groups is 2. The summed E-state index contributed by atoms with van der Waals surface area (Å²) in [6, 6.07) is 7.13. The molecule has 24 heavy (non-hydrogen) atoms. The van der Waals surface area contributed by atoms with Crippen LogP contribution in [0.5, 0.6) is 0 Å². The van der Waals surface area contributed by atoms with Gasteiger partial charge in [-0.2, -0.15) is 0 Å². The third-order valence-electron chi connectivity index (χ3n) is 3.02. The van der Waals surface area contributed by atoms with Crippen LogP contribution < -0.4 is 9.18 Å². The zero-order valence-electron chi connectivity index (χ0n) is 13.9. The number of nitrogens with zero attached hydrogens (tertiary/aromatic N) is 4. The standard InChI is InChI=1S/C16H18N4O2Se2/c1-19(2)15(21)11-7-5-9-17-13(11)23-24-14-12(8-6-10-18-14)16(22)20(3)4/h5-10H,1-4H3. The number of rotatable bonds is 5. The first kappa shape index (κ1) is 18.6. The first-order valence-electron chi connectivity index (χ1n) is 7.09. The predicted octanol–water partition coefficient (Wildman–Crippen LogP) is -0.846. The molecule has 0 spiro atoms. The molecule has 6 nitrogen and oxygen atoms in total. The molecule has 2 aromatic rings. The van der Waals surface area contributed by atoms with Crippen LogP contribution in [0.3, 0.4) is 0 Å². The molecule has 2 heterocycles. The summed E-state index contributed by atoms with van der Waals surface area (Å²) in [6.45, 7) is 0. The summed E-state index contributed by atoms with van der Waals surface area (Å²) >= 11 is -0.0735. The topological polar surface area (TPSA) is 66.4 Å². The monoisotopic (exact) mass is 458 g/mol. The third-order valence-corrected chi connectivity index (χ3v) is 9.57. The van der Waals surface area contributed by atoms with Gasteiger partial charge in [0.15, 0.2) is 0 Å². The van der Waals surface area contributed by atoms with Crippen molar-refractivity contribution in [2.45, 2.75) is 0 Å². The third kappa shape index (κ3) is 4.42. The SMILES string of the molecule is CN(C)C(=O)c1cccnc1[Se][Se]c1ncccc1C(=O)N(C)C. The molecule has 126 valence electrons. The van der Waals surface area contributed by atoms with E-state index in [0.717, 1.165) is 9.18 Å². The fourth-order valence-electron chi connectivity index (χ4n) is 1.80. The Bertz CT molecular complexity index is 687. The molecule has 0 bridgehead atoms. The zero-order chi connectivity index (χ0) is 17.7. The second-order valence-electron chi connectivity index (χ2n) is 5.28. The van der Waals surface area contributed by atoms with E-state index >= 15 is 0 Å². The van der Waals surface area contributed by atoms with Crippen LogP contribution >= 0.6 is 0 Å². The average molecular weight is 456 g/mol. The van der Waals surface area contributed by atoms with Crippen molar-refractivity contribution in [3.63, 3.8) is 0 Å². The van der Waals surface area contributed by atoms with Crippen LogP contribution in [-0.4, -0.2) is 86.0 Å². The number of hydrogen-bond donors (Lipinski definition) is 0. The zero-order valence-corrected chi connectivity index (χ0v) is 17.3. The van der Waals surface area contributed by atoms with Crippen LogP contribution in [0, 0.1) is 0 Å². The number of hydrogen-bond acceptors (Lipinski definition) is 4. The molecule has 0 aromatic carbocycles. The summed E-state index contributed by atoms with van der Waals surface area (Å²) in [5.41, 5.74) is 1.25. The maximum absolute atomic E-state index is 12.3. The van der Waals surface area contributed by atoms with Crippen molar-refractivity contribution < 1.29 is 9.59 Å². The van der Waals surface area contributed by atoms with Crippen molar-refractivity contribution in [1.82, 2.24) is 19.8 Å². The van der Waals surface area contributed by atoms with Gasteiger partial charge in [0.05, 0.1) is 0 Å². The van der Waals surface area contributed by atoms with Gasteiger partial charge in [-0.15, -0.1) is 0 Å². The van der Waals surface area contributed by atoms with E-state index in [1.54, 1.807) is 74.6 Å². The molecule has 0 aliphatic heterocycles. The number of pyridine rings is 2. The Balaban J connectivity index is 2.24. The normalized spacial score (nSPS) is 10.3. The maximum atomic E-state index is 12.3. The molecule has 2 rings (SSSR count). The second kappa shape index (κ2) is 8.40. The van der Waals surface area contributed by atoms with Crippen molar-refractivity contribution in [3.8, 4) is 0 Å². The van der Waals surface area contributed by atoms with E-state index in [-0.39, 0.29) is 38.1 Å². The number of amides is 2. The van der Waals surface area contributed by atoms with Crippen molar-refractivity contribution >= 4 is 47.3 Å². The number of aromatic nitrogens is 2. The Morgan fingerprint density at radius 1 is 0.792 bits per heavy atom. The summed E-state index contributed by atoms with van der Waals surface area (Å²) in [4.78, 5) is 36.4. The van der Waals surface area contributed by atoms with Crippen LogP contribution in [0.15, 0.2) is 36.7 Å². The summed E-state index contributed by atoms with van der Waals surface area (Å²) < 4.78 is 1.61. The predicted molar refractivity (Wildman–Crippen MR) is 95.3 cm³/mol. The molecule has 0 aliphatic carbocycles. The van der Waals surface area contributed by atoms with Gasteiger partial charge in [-0.3, -0.25) is 0 Å². The van der Waals surface area contributed by atoms with Crippen molar-refractivity contribution in [1.29, 1.82) is 0 Å². The fourth-order valence-corrected chi connectivity index (χ4v) is 8.21. The van der Waals surface area contributed by atoms with Gasteiger partial charge in [-0.25, -0.2) is 0 Å². The Morgan fingerprint density at radius 3 is 1.50 bits per heavy atom. The second-order valence-corrected chi connectivity index (χ2v) is 11.2. The average Bonchev–Trinajstić information content (AvgIpc) is 2.59. The molecular weight excluding hydrogens is 438 g/mol. The molecule has 0 aliphatic rings. The molecule has 0 fully saturated rings. The van der Waals surface area contributed by atoms with Gasteiger partial charge in [0.2, 0.25) is 0 Å². The van der Waals surface area contributed by atoms with E-state index in [4.69, 9.17) is 0 Å². The van der Waals surface area contributed by atoms with Gasteiger partial charge < -0.3 is 0 Å². The van der Waals surface area contributed by atoms with Gasteiger partial charge in [-0.05, 0) is 0 Å². The Morgan fingerprint density at radius 2 is 1.17 bits per heavy atom. The first-order valence-corrected chi connectivity index (χ1v) is 13.1. The Labute approximate surface area is 152 Å². The van der Waals surface area contributed by atoms with Gasteiger partial charge in [-0.1, -0.05) is 0 Å². The van der Waals surface area contributed by atoms with Crippen LogP contribution in [0.2, 0.25) is 0 Å². The van der Waals surface area contributed by atoms with Crippen molar-refractivity contribution in [2.75, 3.05) is 28.2 Å². The molecule has 0 atom stereocenters. The summed E-state index contributed by atoms with van der Waals surface area (Å²) in [7, 11) is 6.90. The molecule has 0 saturated heterocycles. The Hall–Kier alpha value is -1.72. The molecule has 0 saturated carbocycles. The van der Waals surface area contributed by atoms with E-state index in [2.05, 4.69) is 9.97 Å². The summed E-state index contributed by atoms with van der Waals surface area (Å²) in [6.07, 6.45) is 3.40. The molecule has 8 heteroatoms. The Kier molecular flexibility index (Phi) is 6.51. The number of carbonyl (C=O) groups excluding carboxylic acids is 2. The molecule has 2 aromatic heterocycles. The van der Waals surface area contributed by atoms with E-state index in [9.17, 15) is 9.59 Å². The molecular formula is C16H18N4O2Se2. The van der Waals surface area contributed by atoms with Gasteiger partial charge >= 0.3 is 153 Å². The van der Waals surface area contributed by atoms with Gasteiger partial charge in [0.1, 0.15) is 0 Å². The molecule has 0 N–H and O–H groups in total. The molecule has 2 amide bonds. The van der Waals surface area contributed by atoms with E-state index < -0.39 is 0 Å². The van der Waals surface area contributed by atoms with Crippen LogP contribution in [0.25, 0.3) is 0 Å². The van der Waals surface area contributed by atoms with E-state index in [1.165, 1.54) is 0 Å². The first-order chi connectivity index (χ1) is 11.4. The van der Waals surface area contributed by atoms with E-state index in [1.807, 2.05) is 0 Å². The van der Waals surface area contributed by atoms with Gasteiger partial charge in [0, 0.05) is 0 Å². The summed E-state index contributed by atoms with van der Waals surface area (Å²) in [5.74, 6) is -0.109. The van der Waals surface area contributed by atoms with Crippen LogP contribution in [0.1, 0.15) is 20.7 Å². The quantitative estimate of drug-likeness (QED) is 0.551.